The quantitative estimate of drug-likeness (QED) is 0.171. The van der Waals surface area contributed by atoms with Crippen molar-refractivity contribution in [1.29, 1.82) is 0 Å². The zero-order valence-corrected chi connectivity index (χ0v) is 25.0. The third-order valence-corrected chi connectivity index (χ3v) is 7.28. The molecule has 0 radical (unpaired) electrons. The molecule has 40 heavy (non-hydrogen) atoms. The van der Waals surface area contributed by atoms with Crippen molar-refractivity contribution in [3.8, 4) is 0 Å². The van der Waals surface area contributed by atoms with Crippen LogP contribution in [0.4, 0.5) is 20.8 Å². The van der Waals surface area contributed by atoms with Crippen LogP contribution in [0.3, 0.4) is 0 Å². The summed E-state index contributed by atoms with van der Waals surface area (Å²) < 4.78 is 14.1. The van der Waals surface area contributed by atoms with E-state index in [1.807, 2.05) is 25.2 Å². The Morgan fingerprint density at radius 3 is 2.80 bits per heavy atom. The maximum atomic E-state index is 14.1. The van der Waals surface area contributed by atoms with E-state index in [0.29, 0.717) is 17.5 Å². The number of hydrogen-bond donors (Lipinski definition) is 3. The summed E-state index contributed by atoms with van der Waals surface area (Å²) in [5.41, 5.74) is 3.64. The van der Waals surface area contributed by atoms with Gasteiger partial charge in [0.2, 0.25) is 0 Å². The second-order valence-corrected chi connectivity index (χ2v) is 11.0. The van der Waals surface area contributed by atoms with Gasteiger partial charge >= 0.3 is 0 Å². The SMILES string of the molecule is C=CCC=Cc1cc2c(s1)Nc1cc(F)ccc1N=C2N1CCN[C@@H](CCC(/C=C\C)=C/C=C(\C)O)C1.CCC. The number of allylic oxidation sites excluding steroid dienone is 8. The lowest BCUT2D eigenvalue weighted by Gasteiger charge is -2.36. The Kier molecular flexibility index (Phi) is 12.4. The lowest BCUT2D eigenvalue weighted by Crippen LogP contribution is -2.52. The van der Waals surface area contributed by atoms with Crippen molar-refractivity contribution >= 4 is 39.6 Å². The smallest absolute Gasteiger partial charge is 0.139 e. The van der Waals surface area contributed by atoms with Crippen molar-refractivity contribution in [3.63, 3.8) is 0 Å². The van der Waals surface area contributed by atoms with Gasteiger partial charge in [-0.3, -0.25) is 0 Å². The molecular formula is C33H43FN4OS. The number of thiophene rings is 1. The molecule has 1 aromatic heterocycles. The molecule has 0 unspecified atom stereocenters. The van der Waals surface area contributed by atoms with Crippen LogP contribution in [-0.2, 0) is 0 Å². The van der Waals surface area contributed by atoms with E-state index in [-0.39, 0.29) is 5.82 Å². The lowest BCUT2D eigenvalue weighted by molar-refractivity contribution is 0.282. The van der Waals surface area contributed by atoms with E-state index in [1.54, 1.807) is 30.4 Å². The fraction of sp³-hybridized carbons (Fsp3) is 0.364. The zero-order chi connectivity index (χ0) is 28.9. The van der Waals surface area contributed by atoms with Gasteiger partial charge in [0.15, 0.2) is 0 Å². The fourth-order valence-corrected chi connectivity index (χ4v) is 5.49. The largest absolute Gasteiger partial charge is 0.513 e. The minimum atomic E-state index is -0.285. The van der Waals surface area contributed by atoms with Crippen LogP contribution in [0.1, 0.15) is 63.8 Å². The number of nitrogens with one attached hydrogen (secondary N) is 2. The Morgan fingerprint density at radius 2 is 2.08 bits per heavy atom. The summed E-state index contributed by atoms with van der Waals surface area (Å²) in [6, 6.07) is 7.17. The number of fused-ring (bicyclic) bond motifs is 2. The van der Waals surface area contributed by atoms with Crippen LogP contribution in [0.5, 0.6) is 0 Å². The third-order valence-electron chi connectivity index (χ3n) is 6.27. The number of nitrogens with zero attached hydrogens (tertiary/aromatic N) is 2. The van der Waals surface area contributed by atoms with Gasteiger partial charge < -0.3 is 20.6 Å². The van der Waals surface area contributed by atoms with E-state index in [4.69, 9.17) is 4.99 Å². The number of benzene rings is 1. The topological polar surface area (TPSA) is 59.9 Å². The monoisotopic (exact) mass is 562 g/mol. The van der Waals surface area contributed by atoms with Crippen molar-refractivity contribution in [2.75, 3.05) is 25.0 Å². The molecule has 1 aromatic carbocycles. The van der Waals surface area contributed by atoms with Crippen molar-refractivity contribution in [2.24, 2.45) is 4.99 Å². The van der Waals surface area contributed by atoms with Crippen molar-refractivity contribution in [1.82, 2.24) is 10.2 Å². The molecule has 2 aliphatic heterocycles. The average Bonchev–Trinajstić information content (AvgIpc) is 3.25. The van der Waals surface area contributed by atoms with Crippen molar-refractivity contribution in [3.05, 3.63) is 94.9 Å². The van der Waals surface area contributed by atoms with Crippen LogP contribution in [-0.4, -0.2) is 41.5 Å². The first kappa shape index (κ1) is 31.1. The molecule has 2 aromatic rings. The molecule has 5 nitrogen and oxygen atoms in total. The van der Waals surface area contributed by atoms with E-state index < -0.39 is 0 Å². The number of amidine groups is 1. The molecule has 0 aliphatic carbocycles. The van der Waals surface area contributed by atoms with E-state index in [9.17, 15) is 9.50 Å². The number of anilines is 2. The van der Waals surface area contributed by atoms with Gasteiger partial charge in [0.1, 0.15) is 16.7 Å². The number of halogens is 1. The van der Waals surface area contributed by atoms with Gasteiger partial charge in [0, 0.05) is 30.6 Å². The predicted octanol–water partition coefficient (Wildman–Crippen LogP) is 9.05. The molecule has 0 spiro atoms. The number of hydrogen-bond acceptors (Lipinski definition) is 6. The standard InChI is InChI=1S/C30H35FN4OS.C3H8/c1-4-6-7-9-25-19-26-29(33-27-15-13-23(31)18-28(27)34-30(26)37-25)35-17-16-32-24(20-35)14-12-22(8-5-2)11-10-21(3)36;1-3-2/h4-5,7-11,13,15,18-19,24,32,34,36H,1,6,12,14,16-17,20H2,2-3H3;3H2,1-2H3/b8-5-,9-7?,21-10+,22-11+;/t24-;/m0./s1. The van der Waals surface area contributed by atoms with Gasteiger partial charge in [0.25, 0.3) is 0 Å². The molecular weight excluding hydrogens is 519 g/mol. The van der Waals surface area contributed by atoms with E-state index in [2.05, 4.69) is 60.3 Å². The van der Waals surface area contributed by atoms with Crippen LogP contribution in [0, 0.1) is 5.82 Å². The number of aliphatic hydroxyl groups excluding tert-OH is 1. The molecule has 3 N–H and O–H groups in total. The molecule has 4 rings (SSSR count). The Bertz CT molecular complexity index is 1280. The first-order valence-electron chi connectivity index (χ1n) is 14.1. The second kappa shape index (κ2) is 16.0. The van der Waals surface area contributed by atoms with Crippen LogP contribution in [0.15, 0.2) is 83.6 Å². The van der Waals surface area contributed by atoms with Gasteiger partial charge in [-0.05, 0) is 75.1 Å². The fourth-order valence-electron chi connectivity index (χ4n) is 4.49. The highest BCUT2D eigenvalue weighted by Crippen LogP contribution is 2.40. The molecule has 2 aliphatic rings. The molecule has 0 amide bonds. The van der Waals surface area contributed by atoms with Gasteiger partial charge in [-0.15, -0.1) is 17.9 Å². The van der Waals surface area contributed by atoms with E-state index in [0.717, 1.165) is 65.9 Å². The van der Waals surface area contributed by atoms with Gasteiger partial charge in [0.05, 0.1) is 22.7 Å². The Hall–Kier alpha value is -3.42. The predicted molar refractivity (Wildman–Crippen MR) is 172 cm³/mol. The molecule has 1 saturated heterocycles. The van der Waals surface area contributed by atoms with Crippen LogP contribution in [0.2, 0.25) is 0 Å². The first-order valence-corrected chi connectivity index (χ1v) is 14.9. The number of aliphatic imine (C=N–C) groups is 1. The average molecular weight is 563 g/mol. The highest BCUT2D eigenvalue weighted by Gasteiger charge is 2.28. The number of piperazine rings is 1. The maximum Gasteiger partial charge on any atom is 0.139 e. The molecule has 0 saturated carbocycles. The Morgan fingerprint density at radius 1 is 1.27 bits per heavy atom. The summed E-state index contributed by atoms with van der Waals surface area (Å²) in [5.74, 6) is 0.934. The van der Waals surface area contributed by atoms with Gasteiger partial charge in [-0.25, -0.2) is 9.38 Å². The van der Waals surface area contributed by atoms with Crippen LogP contribution in [0.25, 0.3) is 6.08 Å². The van der Waals surface area contributed by atoms with E-state index >= 15 is 0 Å². The Balaban J connectivity index is 0.00000141. The van der Waals surface area contributed by atoms with E-state index in [1.165, 1.54) is 24.1 Å². The molecule has 0 bridgehead atoms. The second-order valence-electron chi connectivity index (χ2n) is 9.93. The highest BCUT2D eigenvalue weighted by atomic mass is 32.1. The molecule has 7 heteroatoms. The summed E-state index contributed by atoms with van der Waals surface area (Å²) in [6.45, 7) is 14.2. The molecule has 1 fully saturated rings. The van der Waals surface area contributed by atoms with Crippen molar-refractivity contribution in [2.45, 2.75) is 59.4 Å². The highest BCUT2D eigenvalue weighted by molar-refractivity contribution is 7.17. The minimum absolute atomic E-state index is 0.285. The van der Waals surface area contributed by atoms with Gasteiger partial charge in [-0.1, -0.05) is 50.6 Å². The summed E-state index contributed by atoms with van der Waals surface area (Å²) in [5, 5.41) is 17.6. The van der Waals surface area contributed by atoms with Crippen molar-refractivity contribution < 1.29 is 9.50 Å². The Labute approximate surface area is 243 Å². The number of aliphatic hydroxyl groups is 1. The minimum Gasteiger partial charge on any atom is -0.513 e. The van der Waals surface area contributed by atoms with Crippen LogP contribution >= 0.6 is 11.3 Å². The van der Waals surface area contributed by atoms with Gasteiger partial charge in [-0.2, -0.15) is 0 Å². The lowest BCUT2D eigenvalue weighted by atomic mass is 10.0. The summed E-state index contributed by atoms with van der Waals surface area (Å²) in [6.07, 6.45) is 17.8. The normalized spacial score (nSPS) is 17.5. The first-order chi connectivity index (χ1) is 19.4. The molecule has 214 valence electrons. The molecule has 3 heterocycles. The maximum absolute atomic E-state index is 14.1. The summed E-state index contributed by atoms with van der Waals surface area (Å²) >= 11 is 1.65. The summed E-state index contributed by atoms with van der Waals surface area (Å²) in [4.78, 5) is 8.52. The number of rotatable bonds is 8. The summed E-state index contributed by atoms with van der Waals surface area (Å²) in [7, 11) is 0. The third kappa shape index (κ3) is 9.07. The zero-order valence-electron chi connectivity index (χ0n) is 24.2. The van der Waals surface area contributed by atoms with Crippen LogP contribution < -0.4 is 10.6 Å². The molecule has 1 atom stereocenters.